The van der Waals surface area contributed by atoms with E-state index in [0.717, 1.165) is 30.5 Å². The molecular formula is C28H34BNO2. The fourth-order valence-corrected chi connectivity index (χ4v) is 4.02. The number of pyridine rings is 1. The summed E-state index contributed by atoms with van der Waals surface area (Å²) in [5, 5.41) is -0.0824. The van der Waals surface area contributed by atoms with Crippen molar-refractivity contribution in [1.29, 1.82) is 0 Å². The maximum atomic E-state index is 13.5. The van der Waals surface area contributed by atoms with Crippen LogP contribution < -0.4 is 0 Å². The summed E-state index contributed by atoms with van der Waals surface area (Å²) in [6.45, 7) is 10.4. The third-order valence-electron chi connectivity index (χ3n) is 6.86. The molecular weight excluding hydrogens is 393 g/mol. The predicted octanol–water partition coefficient (Wildman–Crippen LogP) is 6.09. The number of hydrogen-bond donors (Lipinski definition) is 0. The van der Waals surface area contributed by atoms with Crippen molar-refractivity contribution in [2.45, 2.75) is 58.3 Å². The monoisotopic (exact) mass is 427 g/mol. The number of hydrogen-bond acceptors (Lipinski definition) is 3. The Morgan fingerprint density at radius 2 is 1.38 bits per heavy atom. The van der Waals surface area contributed by atoms with Gasteiger partial charge >= 0.3 is 5.97 Å². The number of benzene rings is 2. The van der Waals surface area contributed by atoms with Gasteiger partial charge in [0.15, 0.2) is 5.60 Å². The molecule has 1 heterocycles. The Hall–Kier alpha value is -2.88. The number of rotatable bonds is 9. The second-order valence-electron chi connectivity index (χ2n) is 9.67. The Morgan fingerprint density at radius 1 is 0.844 bits per heavy atom. The zero-order valence-electron chi connectivity index (χ0n) is 20.0. The van der Waals surface area contributed by atoms with Gasteiger partial charge in [0.1, 0.15) is 7.28 Å². The molecule has 32 heavy (non-hydrogen) atoms. The summed E-state index contributed by atoms with van der Waals surface area (Å²) in [5.74, 6) is -0.188. The molecule has 1 aromatic heterocycles. The molecule has 0 aliphatic rings. The van der Waals surface area contributed by atoms with Crippen LogP contribution in [-0.4, -0.2) is 18.2 Å². The smallest absolute Gasteiger partial charge is 0.312 e. The van der Waals surface area contributed by atoms with E-state index < -0.39 is 11.0 Å². The lowest BCUT2D eigenvalue weighted by Gasteiger charge is -2.36. The fourth-order valence-electron chi connectivity index (χ4n) is 4.02. The molecule has 0 aliphatic carbocycles. The number of esters is 1. The van der Waals surface area contributed by atoms with E-state index in [1.165, 1.54) is 0 Å². The van der Waals surface area contributed by atoms with E-state index in [4.69, 9.17) is 4.74 Å². The van der Waals surface area contributed by atoms with E-state index in [-0.39, 0.29) is 11.3 Å². The molecule has 3 nitrogen and oxygen atoms in total. The van der Waals surface area contributed by atoms with Gasteiger partial charge in [-0.25, -0.2) is 0 Å². The first-order valence-electron chi connectivity index (χ1n) is 11.5. The summed E-state index contributed by atoms with van der Waals surface area (Å²) in [7, 11) is 0.857. The number of carbonyl (C=O) groups is 1. The molecule has 0 fully saturated rings. The minimum absolute atomic E-state index is 0.0824. The Balaban J connectivity index is 1.83. The molecule has 0 N–H and O–H groups in total. The van der Waals surface area contributed by atoms with E-state index in [2.05, 4.69) is 24.9 Å². The van der Waals surface area contributed by atoms with E-state index in [9.17, 15) is 4.79 Å². The minimum Gasteiger partial charge on any atom is -0.449 e. The van der Waals surface area contributed by atoms with Gasteiger partial charge in [-0.1, -0.05) is 107 Å². The van der Waals surface area contributed by atoms with Gasteiger partial charge in [-0.15, -0.1) is 0 Å². The first kappa shape index (κ1) is 23.8. The third kappa shape index (κ3) is 5.12. The quantitative estimate of drug-likeness (QED) is 0.306. The summed E-state index contributed by atoms with van der Waals surface area (Å²) in [4.78, 5) is 18.1. The topological polar surface area (TPSA) is 39.2 Å². The van der Waals surface area contributed by atoms with Crippen LogP contribution in [0.2, 0.25) is 6.32 Å². The fraction of sp³-hybridized carbons (Fsp3) is 0.357. The highest BCUT2D eigenvalue weighted by Gasteiger charge is 2.40. The average molecular weight is 427 g/mol. The maximum Gasteiger partial charge on any atom is 0.312 e. The van der Waals surface area contributed by atoms with Crippen LogP contribution in [0.15, 0.2) is 85.1 Å². The number of carbonyl (C=O) groups excluding carboxylic acids is 1. The Bertz CT molecular complexity index is 966. The summed E-state index contributed by atoms with van der Waals surface area (Å²) in [5.41, 5.74) is 1.51. The van der Waals surface area contributed by atoms with Gasteiger partial charge in [0.25, 0.3) is 0 Å². The molecule has 0 saturated heterocycles. The highest BCUT2D eigenvalue weighted by Crippen LogP contribution is 2.38. The number of ether oxygens (including phenoxy) is 1. The molecule has 2 aromatic carbocycles. The highest BCUT2D eigenvalue weighted by atomic mass is 16.6. The second-order valence-corrected chi connectivity index (χ2v) is 9.67. The van der Waals surface area contributed by atoms with Gasteiger partial charge in [-0.3, -0.25) is 9.78 Å². The molecule has 0 radical (unpaired) electrons. The Labute approximate surface area is 193 Å². The zero-order chi connectivity index (χ0) is 23.2. The summed E-state index contributed by atoms with van der Waals surface area (Å²) < 4.78 is 6.32. The molecule has 0 saturated carbocycles. The van der Waals surface area contributed by atoms with E-state index >= 15 is 0 Å². The molecule has 3 aromatic rings. The average Bonchev–Trinajstić information content (AvgIpc) is 2.84. The normalized spacial score (nSPS) is 13.8. The van der Waals surface area contributed by atoms with Crippen LogP contribution in [0.25, 0.3) is 0 Å². The number of aromatic nitrogens is 1. The molecule has 0 aliphatic heterocycles. The van der Waals surface area contributed by atoms with Crippen molar-refractivity contribution in [1.82, 2.24) is 4.98 Å². The van der Waals surface area contributed by atoms with Crippen LogP contribution in [0.5, 0.6) is 0 Å². The van der Waals surface area contributed by atoms with Gasteiger partial charge in [0, 0.05) is 11.9 Å². The van der Waals surface area contributed by atoms with Crippen molar-refractivity contribution in [3.63, 3.8) is 0 Å². The van der Waals surface area contributed by atoms with Crippen molar-refractivity contribution in [2.24, 2.45) is 5.41 Å². The molecule has 4 heteroatoms. The van der Waals surface area contributed by atoms with Crippen LogP contribution in [-0.2, 0) is 20.4 Å². The lowest BCUT2D eigenvalue weighted by molar-refractivity contribution is -0.165. The predicted molar refractivity (Wildman–Crippen MR) is 133 cm³/mol. The van der Waals surface area contributed by atoms with E-state index in [0.29, 0.717) is 6.32 Å². The number of nitrogens with zero attached hydrogens (tertiary/aromatic N) is 1. The van der Waals surface area contributed by atoms with Crippen LogP contribution in [0.4, 0.5) is 0 Å². The first-order valence-corrected chi connectivity index (χ1v) is 11.5. The molecule has 166 valence electrons. The first-order chi connectivity index (χ1) is 15.2. The molecule has 1 unspecified atom stereocenters. The Kier molecular flexibility index (Phi) is 7.23. The van der Waals surface area contributed by atoms with E-state index in [1.807, 2.05) is 99.8 Å². The second kappa shape index (κ2) is 9.73. The molecule has 0 amide bonds. The van der Waals surface area contributed by atoms with Crippen LogP contribution in [0.3, 0.4) is 0 Å². The van der Waals surface area contributed by atoms with Crippen molar-refractivity contribution >= 4 is 13.2 Å². The Morgan fingerprint density at radius 3 is 1.84 bits per heavy atom. The summed E-state index contributed by atoms with van der Waals surface area (Å²) >= 11 is 0. The highest BCUT2D eigenvalue weighted by molar-refractivity contribution is 6.40. The molecule has 3 rings (SSSR count). The zero-order valence-corrected chi connectivity index (χ0v) is 20.0. The van der Waals surface area contributed by atoms with Crippen LogP contribution >= 0.6 is 0 Å². The van der Waals surface area contributed by atoms with Crippen molar-refractivity contribution in [3.05, 3.63) is 102 Å². The summed E-state index contributed by atoms with van der Waals surface area (Å²) in [6.07, 6.45) is 3.51. The molecule has 0 spiro atoms. The van der Waals surface area contributed by atoms with Gasteiger partial charge in [0.05, 0.1) is 5.41 Å². The molecule has 1 atom stereocenters. The third-order valence-corrected chi connectivity index (χ3v) is 6.86. The van der Waals surface area contributed by atoms with Gasteiger partial charge < -0.3 is 4.74 Å². The van der Waals surface area contributed by atoms with Gasteiger partial charge in [0.2, 0.25) is 0 Å². The van der Waals surface area contributed by atoms with Crippen molar-refractivity contribution < 1.29 is 9.53 Å². The van der Waals surface area contributed by atoms with E-state index in [1.54, 1.807) is 0 Å². The summed E-state index contributed by atoms with van der Waals surface area (Å²) in [6, 6.07) is 26.0. The van der Waals surface area contributed by atoms with Crippen molar-refractivity contribution in [3.8, 4) is 0 Å². The maximum absolute atomic E-state index is 13.5. The van der Waals surface area contributed by atoms with Gasteiger partial charge in [-0.05, 0) is 35.5 Å². The largest absolute Gasteiger partial charge is 0.449 e. The van der Waals surface area contributed by atoms with Crippen molar-refractivity contribution in [2.75, 3.05) is 0 Å². The lowest BCUT2D eigenvalue weighted by atomic mass is 9.45. The van der Waals surface area contributed by atoms with Gasteiger partial charge in [-0.2, -0.15) is 0 Å². The molecule has 0 bridgehead atoms. The van der Waals surface area contributed by atoms with Crippen LogP contribution in [0.1, 0.15) is 57.9 Å². The lowest BCUT2D eigenvalue weighted by Crippen LogP contribution is -2.40. The standard InChI is InChI=1S/C28H34BNO2/c1-6-27(4,24-19-13-14-20-30-24)29-21-26(2,3)25(31)32-28(5,22-15-9-7-10-16-22)23-17-11-8-12-18-23/h7-20,29H,6,21H2,1-5H3. The SMILES string of the molecule is CCC(C)(BCC(C)(C)C(=O)OC(C)(c1ccccc1)c1ccccc1)c1ccccn1. The van der Waals surface area contributed by atoms with Crippen LogP contribution in [0, 0.1) is 5.41 Å². The minimum atomic E-state index is -0.855.